The number of benzene rings is 2. The van der Waals surface area contributed by atoms with Crippen molar-refractivity contribution in [2.24, 2.45) is 0 Å². The highest BCUT2D eigenvalue weighted by molar-refractivity contribution is 5.83. The number of fused-ring (bicyclic) bond motifs is 1. The normalized spacial score (nSPS) is 22.1. The van der Waals surface area contributed by atoms with Crippen LogP contribution < -0.4 is 11.0 Å². The van der Waals surface area contributed by atoms with Crippen LogP contribution in [-0.2, 0) is 12.0 Å². The maximum atomic E-state index is 11.9. The van der Waals surface area contributed by atoms with Crippen LogP contribution in [0.25, 0.3) is 10.9 Å². The van der Waals surface area contributed by atoms with Crippen molar-refractivity contribution in [2.45, 2.75) is 49.7 Å². The number of aromatic amines is 3. The second-order valence-corrected chi connectivity index (χ2v) is 9.55. The molecule has 1 aliphatic carbocycles. The second-order valence-electron chi connectivity index (χ2n) is 9.55. The molecule has 4 aromatic rings. The Hall–Kier alpha value is -3.09. The minimum Gasteiger partial charge on any atom is -0.361 e. The van der Waals surface area contributed by atoms with Gasteiger partial charge in [-0.1, -0.05) is 48.5 Å². The molecule has 6 nitrogen and oxygen atoms in total. The first kappa shape index (κ1) is 21.7. The summed E-state index contributed by atoms with van der Waals surface area (Å²) < 4.78 is 0. The monoisotopic (exact) mass is 443 g/mol. The van der Waals surface area contributed by atoms with Gasteiger partial charge in [-0.2, -0.15) is 0 Å². The van der Waals surface area contributed by atoms with Crippen LogP contribution >= 0.6 is 0 Å². The number of aromatic nitrogens is 3. The van der Waals surface area contributed by atoms with Crippen LogP contribution in [0.15, 0.2) is 71.8 Å². The van der Waals surface area contributed by atoms with Gasteiger partial charge in [-0.3, -0.25) is 4.90 Å². The number of hydrogen-bond donors (Lipinski definition) is 4. The molecule has 33 heavy (non-hydrogen) atoms. The smallest absolute Gasteiger partial charge is 0.323 e. The summed E-state index contributed by atoms with van der Waals surface area (Å²) in [4.78, 5) is 23.4. The van der Waals surface area contributed by atoms with Gasteiger partial charge in [0.25, 0.3) is 0 Å². The second kappa shape index (κ2) is 9.04. The van der Waals surface area contributed by atoms with Crippen molar-refractivity contribution in [1.82, 2.24) is 25.2 Å². The quantitative estimate of drug-likeness (QED) is 0.341. The van der Waals surface area contributed by atoms with Crippen molar-refractivity contribution in [1.29, 1.82) is 0 Å². The number of nitrogens with one attached hydrogen (secondary N) is 4. The van der Waals surface area contributed by atoms with Crippen LogP contribution in [0.5, 0.6) is 0 Å². The third-order valence-corrected chi connectivity index (χ3v) is 7.51. The number of H-pyrrole nitrogens is 3. The first-order valence-electron chi connectivity index (χ1n) is 11.9. The Labute approximate surface area is 194 Å². The summed E-state index contributed by atoms with van der Waals surface area (Å²) >= 11 is 0. The Morgan fingerprint density at radius 3 is 2.42 bits per heavy atom. The molecule has 2 heterocycles. The van der Waals surface area contributed by atoms with Crippen LogP contribution in [0.1, 0.15) is 48.5 Å². The summed E-state index contributed by atoms with van der Waals surface area (Å²) in [6.45, 7) is 0. The molecule has 0 unspecified atom stereocenters. The molecule has 172 valence electrons. The van der Waals surface area contributed by atoms with Crippen molar-refractivity contribution in [3.05, 3.63) is 94.3 Å². The molecule has 0 bridgehead atoms. The zero-order chi connectivity index (χ0) is 22.8. The van der Waals surface area contributed by atoms with Gasteiger partial charge in [0.2, 0.25) is 0 Å². The van der Waals surface area contributed by atoms with E-state index in [2.05, 4.69) is 94.0 Å². The Bertz CT molecular complexity index is 1240. The Morgan fingerprint density at radius 1 is 1.00 bits per heavy atom. The van der Waals surface area contributed by atoms with Gasteiger partial charge in [-0.15, -0.1) is 0 Å². The molecule has 0 amide bonds. The third kappa shape index (κ3) is 4.28. The van der Waals surface area contributed by atoms with E-state index in [1.807, 2.05) is 12.3 Å². The van der Waals surface area contributed by atoms with Crippen LogP contribution in [0.4, 0.5) is 0 Å². The molecular formula is C27H33N5O. The van der Waals surface area contributed by atoms with E-state index < -0.39 is 0 Å². The van der Waals surface area contributed by atoms with Gasteiger partial charge in [-0.05, 0) is 63.4 Å². The molecule has 0 radical (unpaired) electrons. The fourth-order valence-electron chi connectivity index (χ4n) is 5.60. The van der Waals surface area contributed by atoms with Crippen molar-refractivity contribution >= 4 is 10.9 Å². The summed E-state index contributed by atoms with van der Waals surface area (Å²) in [6, 6.07) is 19.7. The summed E-state index contributed by atoms with van der Waals surface area (Å²) in [5, 5.41) is 5.13. The molecule has 1 aliphatic rings. The van der Waals surface area contributed by atoms with Gasteiger partial charge in [-0.25, -0.2) is 4.79 Å². The Morgan fingerprint density at radius 2 is 1.73 bits per heavy atom. The summed E-state index contributed by atoms with van der Waals surface area (Å²) in [7, 11) is 4.40. The number of para-hydroxylation sites is 1. The molecular weight excluding hydrogens is 410 g/mol. The van der Waals surface area contributed by atoms with E-state index in [9.17, 15) is 4.79 Å². The molecule has 0 saturated heterocycles. The number of hydrogen-bond acceptors (Lipinski definition) is 3. The highest BCUT2D eigenvalue weighted by Gasteiger charge is 2.39. The molecule has 5 rings (SSSR count). The van der Waals surface area contributed by atoms with E-state index in [-0.39, 0.29) is 17.3 Å². The van der Waals surface area contributed by atoms with Gasteiger partial charge in [0.05, 0.1) is 11.7 Å². The molecule has 2 aromatic carbocycles. The lowest BCUT2D eigenvalue weighted by atomic mass is 9.74. The van der Waals surface area contributed by atoms with Gasteiger partial charge in [0.15, 0.2) is 0 Å². The molecule has 6 heteroatoms. The van der Waals surface area contributed by atoms with E-state index in [1.54, 1.807) is 0 Å². The van der Waals surface area contributed by atoms with Gasteiger partial charge < -0.3 is 20.3 Å². The van der Waals surface area contributed by atoms with Crippen LogP contribution in [0.3, 0.4) is 0 Å². The fourth-order valence-corrected chi connectivity index (χ4v) is 5.60. The van der Waals surface area contributed by atoms with Crippen molar-refractivity contribution in [2.75, 3.05) is 14.1 Å². The predicted octanol–water partition coefficient (Wildman–Crippen LogP) is 4.46. The number of imidazole rings is 1. The third-order valence-electron chi connectivity index (χ3n) is 7.51. The fraction of sp³-hybridized carbons (Fsp3) is 0.370. The Balaban J connectivity index is 1.35. The molecule has 4 N–H and O–H groups in total. The molecule has 2 aromatic heterocycles. The maximum Gasteiger partial charge on any atom is 0.323 e. The minimum atomic E-state index is -0.157. The van der Waals surface area contributed by atoms with E-state index in [1.165, 1.54) is 16.5 Å². The lowest BCUT2D eigenvalue weighted by molar-refractivity contribution is 0.0831. The molecule has 1 atom stereocenters. The van der Waals surface area contributed by atoms with Crippen LogP contribution in [0, 0.1) is 0 Å². The zero-order valence-electron chi connectivity index (χ0n) is 19.4. The topological polar surface area (TPSA) is 79.7 Å². The lowest BCUT2D eigenvalue weighted by Crippen LogP contribution is -2.48. The summed E-state index contributed by atoms with van der Waals surface area (Å²) in [5.41, 5.74) is 4.64. The number of rotatable bonds is 7. The first-order chi connectivity index (χ1) is 16.0. The standard InChI is InChI=1S/C27H33N5O/c1-32(2)27(20-8-4-3-5-9-20)14-12-21(13-15-27)30-24(25-18-29-26(33)31-25)16-19-17-28-23-11-7-6-10-22(19)23/h3-11,17-18,21,24,28,30H,12-16H2,1-2H3,(H2,29,31,33)/t21?,24-,27?/m1/s1. The molecule has 0 aliphatic heterocycles. The van der Waals surface area contributed by atoms with Crippen molar-refractivity contribution in [3.63, 3.8) is 0 Å². The van der Waals surface area contributed by atoms with Crippen molar-refractivity contribution in [3.8, 4) is 0 Å². The highest BCUT2D eigenvalue weighted by Crippen LogP contribution is 2.41. The van der Waals surface area contributed by atoms with E-state index >= 15 is 0 Å². The lowest BCUT2D eigenvalue weighted by Gasteiger charge is -2.46. The largest absolute Gasteiger partial charge is 0.361 e. The Kier molecular flexibility index (Phi) is 5.96. The van der Waals surface area contributed by atoms with E-state index in [0.717, 1.165) is 43.3 Å². The van der Waals surface area contributed by atoms with Gasteiger partial charge >= 0.3 is 5.69 Å². The molecule has 1 saturated carbocycles. The van der Waals surface area contributed by atoms with E-state index in [0.29, 0.717) is 6.04 Å². The maximum absolute atomic E-state index is 11.9. The van der Waals surface area contributed by atoms with Gasteiger partial charge in [0, 0.05) is 34.9 Å². The van der Waals surface area contributed by atoms with Crippen LogP contribution in [-0.4, -0.2) is 40.0 Å². The average Bonchev–Trinajstić information content (AvgIpc) is 3.46. The van der Waals surface area contributed by atoms with Crippen LogP contribution in [0.2, 0.25) is 0 Å². The number of nitrogens with zero attached hydrogens (tertiary/aromatic N) is 1. The predicted molar refractivity (Wildman–Crippen MR) is 133 cm³/mol. The molecule has 1 fully saturated rings. The SMILES string of the molecule is CN(C)C1(c2ccccc2)CCC(N[C@H](Cc2c[nH]c3ccccc23)c2c[nH]c(=O)[nH]2)CC1. The summed E-state index contributed by atoms with van der Waals surface area (Å²) in [5.74, 6) is 0. The van der Waals surface area contributed by atoms with Crippen molar-refractivity contribution < 1.29 is 0 Å². The average molecular weight is 444 g/mol. The summed E-state index contributed by atoms with van der Waals surface area (Å²) in [6.07, 6.45) is 9.10. The molecule has 0 spiro atoms. The minimum absolute atomic E-state index is 0.0386. The van der Waals surface area contributed by atoms with Gasteiger partial charge in [0.1, 0.15) is 0 Å². The highest BCUT2D eigenvalue weighted by atomic mass is 16.1. The first-order valence-corrected chi connectivity index (χ1v) is 11.9. The zero-order valence-corrected chi connectivity index (χ0v) is 19.4. The van der Waals surface area contributed by atoms with E-state index in [4.69, 9.17) is 0 Å².